The highest BCUT2D eigenvalue weighted by Gasteiger charge is 2.36. The first-order chi connectivity index (χ1) is 17.0. The lowest BCUT2D eigenvalue weighted by molar-refractivity contribution is -0.127. The maximum absolute atomic E-state index is 13.6. The Morgan fingerprint density at radius 1 is 1.11 bits per heavy atom. The van der Waals surface area contributed by atoms with Crippen LogP contribution in [0.25, 0.3) is 11.0 Å². The number of methoxy groups -OCH3 is 1. The molecule has 7 nitrogen and oxygen atoms in total. The van der Waals surface area contributed by atoms with Crippen LogP contribution in [0.4, 0.5) is 10.1 Å². The van der Waals surface area contributed by atoms with E-state index in [0.29, 0.717) is 18.8 Å². The largest absolute Gasteiger partial charge is 0.497 e. The van der Waals surface area contributed by atoms with Gasteiger partial charge in [-0.2, -0.15) is 0 Å². The van der Waals surface area contributed by atoms with Crippen molar-refractivity contribution in [2.24, 2.45) is 5.92 Å². The topological polar surface area (TPSA) is 76.5 Å². The number of amides is 2. The van der Waals surface area contributed by atoms with Gasteiger partial charge in [-0.1, -0.05) is 24.3 Å². The fourth-order valence-corrected chi connectivity index (χ4v) is 4.47. The summed E-state index contributed by atoms with van der Waals surface area (Å²) >= 11 is 0. The standard InChI is InChI=1S/C27H25FN4O3/c1-35-22-12-10-21(11-13-22)32-15-19(14-26(32)33)27(34)30-24(18-6-8-20(28)9-7-18)16-31-17-29-23-4-2-3-5-25(23)31/h2-13,17,19,24H,14-16H2,1H3,(H,30,34). The van der Waals surface area contributed by atoms with Crippen LogP contribution in [0, 0.1) is 11.7 Å². The minimum absolute atomic E-state index is 0.103. The summed E-state index contributed by atoms with van der Waals surface area (Å²) in [6, 6.07) is 20.6. The zero-order chi connectivity index (χ0) is 24.4. The third-order valence-electron chi connectivity index (χ3n) is 6.38. The molecule has 0 aliphatic carbocycles. The van der Waals surface area contributed by atoms with Crippen molar-refractivity contribution < 1.29 is 18.7 Å². The number of nitrogens with zero attached hydrogens (tertiary/aromatic N) is 3. The summed E-state index contributed by atoms with van der Waals surface area (Å²) in [5.41, 5.74) is 3.30. The second kappa shape index (κ2) is 9.58. The van der Waals surface area contributed by atoms with E-state index in [9.17, 15) is 14.0 Å². The van der Waals surface area contributed by atoms with Crippen LogP contribution < -0.4 is 15.0 Å². The van der Waals surface area contributed by atoms with Crippen LogP contribution in [-0.2, 0) is 16.1 Å². The number of nitrogens with one attached hydrogen (secondary N) is 1. The Labute approximate surface area is 202 Å². The number of aromatic nitrogens is 2. The molecule has 8 heteroatoms. The Kier molecular flexibility index (Phi) is 6.18. The molecule has 2 amide bonds. The van der Waals surface area contributed by atoms with Crippen molar-refractivity contribution in [2.45, 2.75) is 19.0 Å². The first-order valence-electron chi connectivity index (χ1n) is 11.4. The molecular weight excluding hydrogens is 447 g/mol. The molecule has 2 atom stereocenters. The third kappa shape index (κ3) is 4.73. The lowest BCUT2D eigenvalue weighted by Gasteiger charge is -2.22. The number of anilines is 1. The smallest absolute Gasteiger partial charge is 0.227 e. The van der Waals surface area contributed by atoms with Gasteiger partial charge in [0.25, 0.3) is 0 Å². The third-order valence-corrected chi connectivity index (χ3v) is 6.38. The summed E-state index contributed by atoms with van der Waals surface area (Å²) in [6.45, 7) is 0.710. The van der Waals surface area contributed by atoms with Crippen LogP contribution in [0.15, 0.2) is 79.1 Å². The summed E-state index contributed by atoms with van der Waals surface area (Å²) in [5, 5.41) is 3.10. The number of ether oxygens (including phenoxy) is 1. The number of fused-ring (bicyclic) bond motifs is 1. The molecule has 0 radical (unpaired) electrons. The predicted molar refractivity (Wildman–Crippen MR) is 130 cm³/mol. The summed E-state index contributed by atoms with van der Waals surface area (Å²) in [5.74, 6) is -0.457. The minimum Gasteiger partial charge on any atom is -0.497 e. The molecule has 4 aromatic rings. The average Bonchev–Trinajstić information content (AvgIpc) is 3.48. The minimum atomic E-state index is -0.493. The van der Waals surface area contributed by atoms with Crippen molar-refractivity contribution in [3.8, 4) is 5.75 Å². The van der Waals surface area contributed by atoms with Crippen LogP contribution in [0.3, 0.4) is 0 Å². The molecule has 0 saturated carbocycles. The van der Waals surface area contributed by atoms with E-state index in [1.54, 1.807) is 42.6 Å². The highest BCUT2D eigenvalue weighted by Crippen LogP contribution is 2.28. The second-order valence-corrected chi connectivity index (χ2v) is 8.60. The van der Waals surface area contributed by atoms with E-state index in [4.69, 9.17) is 4.74 Å². The molecule has 3 aromatic carbocycles. The molecule has 1 aromatic heterocycles. The van der Waals surface area contributed by atoms with E-state index in [-0.39, 0.29) is 24.1 Å². The van der Waals surface area contributed by atoms with Crippen LogP contribution in [-0.4, -0.2) is 35.0 Å². The lowest BCUT2D eigenvalue weighted by Crippen LogP contribution is -2.37. The van der Waals surface area contributed by atoms with Gasteiger partial charge in [0.2, 0.25) is 11.8 Å². The van der Waals surface area contributed by atoms with Crippen molar-refractivity contribution in [1.29, 1.82) is 0 Å². The number of rotatable bonds is 7. The van der Waals surface area contributed by atoms with E-state index in [0.717, 1.165) is 22.3 Å². The van der Waals surface area contributed by atoms with Gasteiger partial charge in [0.15, 0.2) is 0 Å². The van der Waals surface area contributed by atoms with Gasteiger partial charge in [-0.25, -0.2) is 9.37 Å². The number of carbonyl (C=O) groups excluding carboxylic acids is 2. The number of hydrogen-bond acceptors (Lipinski definition) is 4. The molecule has 35 heavy (non-hydrogen) atoms. The van der Waals surface area contributed by atoms with Crippen molar-refractivity contribution in [1.82, 2.24) is 14.9 Å². The molecular formula is C27H25FN4O3. The first kappa shape index (κ1) is 22.6. The molecule has 0 spiro atoms. The monoisotopic (exact) mass is 472 g/mol. The molecule has 1 N–H and O–H groups in total. The van der Waals surface area contributed by atoms with E-state index in [1.807, 2.05) is 41.0 Å². The number of imidazole rings is 1. The van der Waals surface area contributed by atoms with Crippen LogP contribution in [0.5, 0.6) is 5.75 Å². The molecule has 1 aliphatic heterocycles. The summed E-state index contributed by atoms with van der Waals surface area (Å²) < 4.78 is 20.7. The fourth-order valence-electron chi connectivity index (χ4n) is 4.47. The highest BCUT2D eigenvalue weighted by molar-refractivity contribution is 6.00. The number of para-hydroxylation sites is 2. The average molecular weight is 473 g/mol. The van der Waals surface area contributed by atoms with Crippen molar-refractivity contribution in [3.63, 3.8) is 0 Å². The van der Waals surface area contributed by atoms with Crippen LogP contribution >= 0.6 is 0 Å². The SMILES string of the molecule is COc1ccc(N2CC(C(=O)NC(Cn3cnc4ccccc43)c3ccc(F)cc3)CC2=O)cc1. The number of hydrogen-bond donors (Lipinski definition) is 1. The molecule has 1 saturated heterocycles. The molecule has 1 aliphatic rings. The Morgan fingerprint density at radius 2 is 1.86 bits per heavy atom. The zero-order valence-electron chi connectivity index (χ0n) is 19.2. The fraction of sp³-hybridized carbons (Fsp3) is 0.222. The Morgan fingerprint density at radius 3 is 2.60 bits per heavy atom. The number of carbonyl (C=O) groups is 2. The Hall–Kier alpha value is -4.20. The number of halogens is 1. The molecule has 178 valence electrons. The maximum Gasteiger partial charge on any atom is 0.227 e. The van der Waals surface area contributed by atoms with Gasteiger partial charge in [0, 0.05) is 25.2 Å². The molecule has 2 heterocycles. The first-order valence-corrected chi connectivity index (χ1v) is 11.4. The molecule has 1 fully saturated rings. The molecule has 2 unspecified atom stereocenters. The summed E-state index contributed by atoms with van der Waals surface area (Å²) in [7, 11) is 1.58. The van der Waals surface area contributed by atoms with Gasteiger partial charge in [-0.05, 0) is 54.1 Å². The number of benzene rings is 3. The van der Waals surface area contributed by atoms with E-state index in [2.05, 4.69) is 10.3 Å². The summed E-state index contributed by atoms with van der Waals surface area (Å²) in [4.78, 5) is 32.1. The quantitative estimate of drug-likeness (QED) is 0.440. The van der Waals surface area contributed by atoms with Crippen molar-refractivity contribution >= 4 is 28.5 Å². The van der Waals surface area contributed by atoms with Gasteiger partial charge >= 0.3 is 0 Å². The molecule has 0 bridgehead atoms. The van der Waals surface area contributed by atoms with E-state index < -0.39 is 12.0 Å². The van der Waals surface area contributed by atoms with E-state index >= 15 is 0 Å². The van der Waals surface area contributed by atoms with Crippen LogP contribution in [0.2, 0.25) is 0 Å². The van der Waals surface area contributed by atoms with Gasteiger partial charge < -0.3 is 19.5 Å². The van der Waals surface area contributed by atoms with Gasteiger partial charge in [-0.3, -0.25) is 9.59 Å². The van der Waals surface area contributed by atoms with Gasteiger partial charge in [0.1, 0.15) is 11.6 Å². The summed E-state index contributed by atoms with van der Waals surface area (Å²) in [6.07, 6.45) is 1.86. The predicted octanol–water partition coefficient (Wildman–Crippen LogP) is 4.09. The van der Waals surface area contributed by atoms with Crippen LogP contribution in [0.1, 0.15) is 18.0 Å². The van der Waals surface area contributed by atoms with Crippen molar-refractivity contribution in [3.05, 3.63) is 90.5 Å². The highest BCUT2D eigenvalue weighted by atomic mass is 19.1. The van der Waals surface area contributed by atoms with Gasteiger partial charge in [-0.15, -0.1) is 0 Å². The second-order valence-electron chi connectivity index (χ2n) is 8.60. The Bertz CT molecular complexity index is 1350. The lowest BCUT2D eigenvalue weighted by atomic mass is 10.0. The maximum atomic E-state index is 13.6. The molecule has 5 rings (SSSR count). The normalized spacial score (nSPS) is 16.5. The Balaban J connectivity index is 1.35. The zero-order valence-corrected chi connectivity index (χ0v) is 19.2. The van der Waals surface area contributed by atoms with Crippen molar-refractivity contribution in [2.75, 3.05) is 18.6 Å². The van der Waals surface area contributed by atoms with E-state index in [1.165, 1.54) is 12.1 Å². The van der Waals surface area contributed by atoms with Gasteiger partial charge in [0.05, 0.1) is 36.4 Å².